The summed E-state index contributed by atoms with van der Waals surface area (Å²) in [5.41, 5.74) is -7.95. The Kier molecular flexibility index (Phi) is 72.9. The Labute approximate surface area is 434 Å². The minimum Gasteiger partial charge on any atom is -0.458 e. The topological polar surface area (TPSA) is 163 Å². The number of Topliss-reactive ketones (excluding diaryl/α,β-unsaturated/α-hetero) is 1. The monoisotopic (exact) mass is 1000 g/mol. The lowest BCUT2D eigenvalue weighted by atomic mass is 9.58. The van der Waals surface area contributed by atoms with Crippen LogP contribution in [0.15, 0.2) is 11.6 Å². The Morgan fingerprint density at radius 1 is 0.696 bits per heavy atom. The Bertz CT molecular complexity index is 1140. The molecule has 0 spiro atoms. The molecule has 0 bridgehead atoms. The summed E-state index contributed by atoms with van der Waals surface area (Å²) in [6, 6.07) is 0. The number of epoxide rings is 1. The van der Waals surface area contributed by atoms with Gasteiger partial charge in [0.1, 0.15) is 17.8 Å². The van der Waals surface area contributed by atoms with Crippen molar-refractivity contribution >= 4 is 17.7 Å². The summed E-state index contributed by atoms with van der Waals surface area (Å²) in [6.07, 6.45) is -0.570. The minimum atomic E-state index is -2.24. The molecule has 0 amide bonds. The smallest absolute Gasteiger partial charge is 0.309 e. The number of fused-ring (bicyclic) bond motifs is 7. The van der Waals surface area contributed by atoms with Gasteiger partial charge in [0, 0.05) is 35.5 Å². The van der Waals surface area contributed by atoms with Crippen molar-refractivity contribution in [3.8, 4) is 0 Å². The van der Waals surface area contributed by atoms with E-state index in [-0.39, 0.29) is 12.0 Å². The van der Waals surface area contributed by atoms with Crippen LogP contribution < -0.4 is 0 Å². The van der Waals surface area contributed by atoms with E-state index < -0.39 is 100 Å². The van der Waals surface area contributed by atoms with Gasteiger partial charge < -0.3 is 34.6 Å². The van der Waals surface area contributed by atoms with Gasteiger partial charge in [0.2, 0.25) is 0 Å². The minimum absolute atomic E-state index is 0.0442. The zero-order chi connectivity index (χ0) is 59.1. The molecule has 10 nitrogen and oxygen atoms in total. The molecular formula is C59H132O10. The molecule has 428 valence electrons. The number of carbonyl (C=O) groups excluding carboxylic acids is 3. The third kappa shape index (κ3) is 20.9. The first kappa shape index (κ1) is 93.2. The average Bonchev–Trinajstić information content (AvgIpc) is 4.29. The van der Waals surface area contributed by atoms with Gasteiger partial charge in [-0.25, -0.2) is 0 Å². The molecule has 12 atom stereocenters. The average molecular weight is 1000 g/mol. The lowest BCUT2D eigenvalue weighted by Crippen LogP contribution is -2.69. The van der Waals surface area contributed by atoms with E-state index in [1.54, 1.807) is 20.8 Å². The van der Waals surface area contributed by atoms with Crippen molar-refractivity contribution in [3.05, 3.63) is 11.6 Å². The van der Waals surface area contributed by atoms with Crippen LogP contribution in [0.5, 0.6) is 0 Å². The summed E-state index contributed by atoms with van der Waals surface area (Å²) in [5.74, 6) is -6.17. The first-order valence-electron chi connectivity index (χ1n) is 29.1. The number of esters is 2. The van der Waals surface area contributed by atoms with Crippen LogP contribution in [0.25, 0.3) is 0 Å². The van der Waals surface area contributed by atoms with Gasteiger partial charge in [0.05, 0.1) is 24.2 Å². The first-order chi connectivity index (χ1) is 33.0. The van der Waals surface area contributed by atoms with E-state index in [4.69, 9.17) is 14.2 Å². The third-order valence-corrected chi connectivity index (χ3v) is 10.8. The number of ether oxygens (including phenoxy) is 3. The highest BCUT2D eigenvalue weighted by atomic mass is 16.7. The standard InChI is InChI=1S/C28H40O10.C3H8.14C2H6/c1-8-12(3)22(33)37-28-18(24(28,6)7)17-20(32)25(11-29)23(38-25)27(35)15(10-13(4)19(27)31)26(17,34)14(5)21(28)36-16(30)9-2;1-3-2;14*1-2/h10,12,14-15,17-18,20-21,23,29,32,34-35H,8-9,11H2,1-7H3;3H2,1-2H3;14*1-2H3. The van der Waals surface area contributed by atoms with E-state index in [9.17, 15) is 34.8 Å². The molecule has 0 aromatic carbocycles. The number of hydrogen-bond acceptors (Lipinski definition) is 10. The zero-order valence-corrected chi connectivity index (χ0v) is 53.8. The van der Waals surface area contributed by atoms with Crippen molar-refractivity contribution in [2.45, 2.75) is 316 Å². The molecule has 1 saturated heterocycles. The lowest BCUT2D eigenvalue weighted by Gasteiger charge is -2.54. The molecule has 3 saturated carbocycles. The highest BCUT2D eigenvalue weighted by Gasteiger charge is 2.93. The second kappa shape index (κ2) is 53.9. The maximum atomic E-state index is 13.4. The lowest BCUT2D eigenvalue weighted by molar-refractivity contribution is -0.251. The molecule has 0 aromatic rings. The third-order valence-electron chi connectivity index (χ3n) is 10.8. The Morgan fingerprint density at radius 2 is 1.04 bits per heavy atom. The van der Waals surface area contributed by atoms with Crippen molar-refractivity contribution in [1.29, 1.82) is 0 Å². The van der Waals surface area contributed by atoms with Gasteiger partial charge in [-0.1, -0.05) is 262 Å². The number of hydrogen-bond donors (Lipinski definition) is 4. The molecule has 5 rings (SSSR count). The summed E-state index contributed by atoms with van der Waals surface area (Å²) in [5, 5.41) is 46.9. The van der Waals surface area contributed by atoms with Gasteiger partial charge in [0.25, 0.3) is 0 Å². The molecule has 12 unspecified atom stereocenters. The number of aliphatic hydroxyl groups is 4. The zero-order valence-electron chi connectivity index (χ0n) is 53.8. The van der Waals surface area contributed by atoms with Crippen LogP contribution in [-0.4, -0.2) is 85.5 Å². The van der Waals surface area contributed by atoms with E-state index in [0.717, 1.165) is 0 Å². The molecule has 4 N–H and O–H groups in total. The summed E-state index contributed by atoms with van der Waals surface area (Å²) in [4.78, 5) is 39.3. The van der Waals surface area contributed by atoms with Crippen LogP contribution in [0.2, 0.25) is 0 Å². The maximum Gasteiger partial charge on any atom is 0.309 e. The Balaban J connectivity index is -0.000000103. The van der Waals surface area contributed by atoms with Gasteiger partial charge in [0.15, 0.2) is 17.0 Å². The van der Waals surface area contributed by atoms with Crippen LogP contribution in [-0.2, 0) is 28.6 Å². The first-order valence-corrected chi connectivity index (χ1v) is 29.1. The van der Waals surface area contributed by atoms with E-state index >= 15 is 0 Å². The van der Waals surface area contributed by atoms with Gasteiger partial charge in [-0.2, -0.15) is 0 Å². The maximum absolute atomic E-state index is 13.4. The second-order valence-corrected chi connectivity index (χ2v) is 13.4. The fourth-order valence-corrected chi connectivity index (χ4v) is 8.34. The molecule has 4 fully saturated rings. The van der Waals surface area contributed by atoms with Crippen molar-refractivity contribution in [2.75, 3.05) is 6.61 Å². The van der Waals surface area contributed by atoms with Crippen LogP contribution in [0.4, 0.5) is 0 Å². The molecule has 0 radical (unpaired) electrons. The predicted molar refractivity (Wildman–Crippen MR) is 306 cm³/mol. The molecular weight excluding hydrogens is 869 g/mol. The Morgan fingerprint density at radius 3 is 1.35 bits per heavy atom. The number of rotatable bonds is 6. The number of ketones is 1. The van der Waals surface area contributed by atoms with Crippen LogP contribution in [0.1, 0.15) is 275 Å². The highest BCUT2D eigenvalue weighted by Crippen LogP contribution is 2.79. The SMILES string of the molecule is CC.CC.CC.CC.CC.CC.CC.CC.CC.CC.CC.CC.CC.CC.CCC.CCC(=O)OC1C(C)C2(O)C(C(O)C3(CO)OC3C3(O)C(=O)C(C)=CC32)C2C(C)(C)C12OC(=O)C(C)CC. The Hall–Kier alpha value is -1.85. The van der Waals surface area contributed by atoms with E-state index in [1.807, 2.05) is 215 Å². The summed E-state index contributed by atoms with van der Waals surface area (Å²) in [6.45, 7) is 71.6. The summed E-state index contributed by atoms with van der Waals surface area (Å²) < 4.78 is 18.0. The van der Waals surface area contributed by atoms with E-state index in [2.05, 4.69) is 13.8 Å². The van der Waals surface area contributed by atoms with Crippen LogP contribution in [0.3, 0.4) is 0 Å². The van der Waals surface area contributed by atoms with Crippen molar-refractivity contribution in [1.82, 2.24) is 0 Å². The van der Waals surface area contributed by atoms with Crippen LogP contribution >= 0.6 is 0 Å². The largest absolute Gasteiger partial charge is 0.458 e. The second-order valence-electron chi connectivity index (χ2n) is 13.4. The number of aliphatic hydroxyl groups excluding tert-OH is 2. The molecule has 0 aromatic heterocycles. The molecule has 69 heavy (non-hydrogen) atoms. The number of carbonyl (C=O) groups is 3. The molecule has 4 aliphatic carbocycles. The van der Waals surface area contributed by atoms with Gasteiger partial charge in [-0.3, -0.25) is 14.4 Å². The normalized spacial score (nSPS) is 29.2. The molecule has 10 heteroatoms. The van der Waals surface area contributed by atoms with E-state index in [0.29, 0.717) is 6.42 Å². The summed E-state index contributed by atoms with van der Waals surface area (Å²) >= 11 is 0. The predicted octanol–water partition coefficient (Wildman–Crippen LogP) is 16.5. The quantitative estimate of drug-likeness (QED) is 0.149. The van der Waals surface area contributed by atoms with Crippen LogP contribution in [0, 0.1) is 35.0 Å². The molecule has 1 aliphatic heterocycles. The fourth-order valence-electron chi connectivity index (χ4n) is 8.34. The van der Waals surface area contributed by atoms with Gasteiger partial charge in [-0.05, 0) is 18.9 Å². The van der Waals surface area contributed by atoms with E-state index in [1.165, 1.54) is 19.4 Å². The van der Waals surface area contributed by atoms with Gasteiger partial charge in [-0.15, -0.1) is 0 Å². The van der Waals surface area contributed by atoms with Crippen molar-refractivity contribution in [3.63, 3.8) is 0 Å². The van der Waals surface area contributed by atoms with Gasteiger partial charge >= 0.3 is 11.9 Å². The van der Waals surface area contributed by atoms with Crippen molar-refractivity contribution in [2.24, 2.45) is 35.0 Å². The van der Waals surface area contributed by atoms with Crippen molar-refractivity contribution < 1.29 is 49.0 Å². The molecule has 1 heterocycles. The highest BCUT2D eigenvalue weighted by molar-refractivity contribution is 6.05. The fraction of sp³-hybridized carbons (Fsp3) is 0.915. The summed E-state index contributed by atoms with van der Waals surface area (Å²) in [7, 11) is 0. The molecule has 5 aliphatic rings.